The lowest BCUT2D eigenvalue weighted by Gasteiger charge is -2.08. The van der Waals surface area contributed by atoms with Gasteiger partial charge in [0.1, 0.15) is 0 Å². The van der Waals surface area contributed by atoms with E-state index in [4.69, 9.17) is 34.8 Å². The summed E-state index contributed by atoms with van der Waals surface area (Å²) < 4.78 is 0. The van der Waals surface area contributed by atoms with Gasteiger partial charge < -0.3 is 10.6 Å². The fourth-order valence-corrected chi connectivity index (χ4v) is 2.35. The van der Waals surface area contributed by atoms with Crippen molar-refractivity contribution in [2.75, 3.05) is 11.9 Å². The number of nitrogens with one attached hydrogen (secondary N) is 2. The fourth-order valence-electron chi connectivity index (χ4n) is 1.83. The van der Waals surface area contributed by atoms with Crippen molar-refractivity contribution in [1.29, 1.82) is 0 Å². The van der Waals surface area contributed by atoms with Crippen molar-refractivity contribution in [2.45, 2.75) is 6.42 Å². The second-order valence-corrected chi connectivity index (χ2v) is 5.88. The predicted octanol–water partition coefficient (Wildman–Crippen LogP) is 4.41. The van der Waals surface area contributed by atoms with E-state index >= 15 is 0 Å². The highest BCUT2D eigenvalue weighted by molar-refractivity contribution is 6.42. The van der Waals surface area contributed by atoms with Gasteiger partial charge in [-0.25, -0.2) is 0 Å². The molecule has 7 heteroatoms. The Labute approximate surface area is 148 Å². The van der Waals surface area contributed by atoms with Crippen LogP contribution in [0, 0.1) is 0 Å². The second-order valence-electron chi connectivity index (χ2n) is 4.66. The van der Waals surface area contributed by atoms with E-state index in [-0.39, 0.29) is 24.8 Å². The van der Waals surface area contributed by atoms with Gasteiger partial charge in [0.25, 0.3) is 5.91 Å². The van der Waals surface area contributed by atoms with Crippen molar-refractivity contribution in [3.63, 3.8) is 0 Å². The van der Waals surface area contributed by atoms with Crippen LogP contribution in [0.15, 0.2) is 42.5 Å². The topological polar surface area (TPSA) is 58.2 Å². The molecule has 23 heavy (non-hydrogen) atoms. The van der Waals surface area contributed by atoms with Crippen LogP contribution in [0.4, 0.5) is 5.69 Å². The first kappa shape index (κ1) is 17.6. The van der Waals surface area contributed by atoms with E-state index in [1.165, 1.54) is 0 Å². The second kappa shape index (κ2) is 8.20. The van der Waals surface area contributed by atoms with Gasteiger partial charge >= 0.3 is 0 Å². The van der Waals surface area contributed by atoms with Crippen molar-refractivity contribution in [2.24, 2.45) is 0 Å². The van der Waals surface area contributed by atoms with Gasteiger partial charge in [-0.2, -0.15) is 0 Å². The molecule has 0 aliphatic heterocycles. The molecule has 2 rings (SSSR count). The molecule has 0 heterocycles. The molecule has 0 saturated carbocycles. The molecule has 0 radical (unpaired) electrons. The van der Waals surface area contributed by atoms with Gasteiger partial charge in [0.2, 0.25) is 5.91 Å². The molecule has 4 nitrogen and oxygen atoms in total. The lowest BCUT2D eigenvalue weighted by molar-refractivity contribution is -0.116. The molecule has 0 fully saturated rings. The predicted molar refractivity (Wildman–Crippen MR) is 93.5 cm³/mol. The Morgan fingerprint density at radius 2 is 1.65 bits per heavy atom. The number of carbonyl (C=O) groups excluding carboxylic acids is 2. The van der Waals surface area contributed by atoms with E-state index in [0.717, 1.165) is 0 Å². The van der Waals surface area contributed by atoms with Crippen LogP contribution in [0.1, 0.15) is 16.8 Å². The summed E-state index contributed by atoms with van der Waals surface area (Å²) in [5, 5.41) is 6.46. The highest BCUT2D eigenvalue weighted by Crippen LogP contribution is 2.25. The van der Waals surface area contributed by atoms with Crippen LogP contribution >= 0.6 is 34.8 Å². The molecular formula is C16H13Cl3N2O2. The quantitative estimate of drug-likeness (QED) is 0.818. The molecule has 0 saturated heterocycles. The third kappa shape index (κ3) is 5.13. The van der Waals surface area contributed by atoms with Crippen LogP contribution in [0.5, 0.6) is 0 Å². The summed E-state index contributed by atoms with van der Waals surface area (Å²) in [6.07, 6.45) is 0.121. The summed E-state index contributed by atoms with van der Waals surface area (Å²) in [4.78, 5) is 23.8. The highest BCUT2D eigenvalue weighted by atomic mass is 35.5. The monoisotopic (exact) mass is 370 g/mol. The molecule has 2 aromatic carbocycles. The Kier molecular flexibility index (Phi) is 6.28. The first-order chi connectivity index (χ1) is 11.0. The lowest BCUT2D eigenvalue weighted by Crippen LogP contribution is -2.27. The van der Waals surface area contributed by atoms with E-state index in [1.807, 2.05) is 0 Å². The Hall–Kier alpha value is -1.75. The zero-order valence-electron chi connectivity index (χ0n) is 11.9. The van der Waals surface area contributed by atoms with Gasteiger partial charge in [-0.3, -0.25) is 9.59 Å². The Morgan fingerprint density at radius 3 is 2.35 bits per heavy atom. The van der Waals surface area contributed by atoms with E-state index in [2.05, 4.69) is 10.6 Å². The minimum absolute atomic E-state index is 0.121. The number of hydrogen-bond acceptors (Lipinski definition) is 2. The van der Waals surface area contributed by atoms with E-state index in [9.17, 15) is 9.59 Å². The van der Waals surface area contributed by atoms with E-state index in [1.54, 1.807) is 42.5 Å². The molecular weight excluding hydrogens is 359 g/mol. The van der Waals surface area contributed by atoms with Crippen molar-refractivity contribution >= 4 is 52.3 Å². The van der Waals surface area contributed by atoms with Gasteiger partial charge in [-0.05, 0) is 30.3 Å². The molecule has 0 aromatic heterocycles. The Balaban J connectivity index is 1.82. The number of rotatable bonds is 5. The molecule has 0 unspecified atom stereocenters. The zero-order chi connectivity index (χ0) is 16.8. The highest BCUT2D eigenvalue weighted by Gasteiger charge is 2.10. The van der Waals surface area contributed by atoms with Gasteiger partial charge in [0, 0.05) is 18.7 Å². The van der Waals surface area contributed by atoms with Gasteiger partial charge in [-0.15, -0.1) is 0 Å². The van der Waals surface area contributed by atoms with Crippen molar-refractivity contribution in [3.8, 4) is 0 Å². The summed E-state index contributed by atoms with van der Waals surface area (Å²) in [5.74, 6) is -0.569. The first-order valence-electron chi connectivity index (χ1n) is 6.75. The fraction of sp³-hybridized carbons (Fsp3) is 0.125. The summed E-state index contributed by atoms with van der Waals surface area (Å²) in [6.45, 7) is 0.192. The molecule has 0 spiro atoms. The SMILES string of the molecule is O=C(CCNC(=O)c1ccccc1Cl)Nc1ccc(Cl)c(Cl)c1. The Bertz CT molecular complexity index is 735. The molecule has 120 valence electrons. The summed E-state index contributed by atoms with van der Waals surface area (Å²) in [7, 11) is 0. The van der Waals surface area contributed by atoms with E-state index < -0.39 is 0 Å². The normalized spacial score (nSPS) is 10.2. The standard InChI is InChI=1S/C16H13Cl3N2O2/c17-12-4-2-1-3-11(12)16(23)20-8-7-15(22)21-10-5-6-13(18)14(19)9-10/h1-6,9H,7-8H2,(H,20,23)(H,21,22). The van der Waals surface area contributed by atoms with Gasteiger partial charge in [-0.1, -0.05) is 46.9 Å². The molecule has 0 aliphatic carbocycles. The number of hydrogen-bond donors (Lipinski definition) is 2. The minimum Gasteiger partial charge on any atom is -0.351 e. The molecule has 2 aromatic rings. The molecule has 2 N–H and O–H groups in total. The lowest BCUT2D eigenvalue weighted by atomic mass is 10.2. The Morgan fingerprint density at radius 1 is 0.913 bits per heavy atom. The van der Waals surface area contributed by atoms with Crippen LogP contribution < -0.4 is 10.6 Å². The third-order valence-electron chi connectivity index (χ3n) is 2.96. The smallest absolute Gasteiger partial charge is 0.252 e. The molecule has 0 atom stereocenters. The average Bonchev–Trinajstić information content (AvgIpc) is 2.51. The molecule has 2 amide bonds. The number of benzene rings is 2. The van der Waals surface area contributed by atoms with Crippen LogP contribution in [0.3, 0.4) is 0 Å². The third-order valence-corrected chi connectivity index (χ3v) is 4.03. The minimum atomic E-state index is -0.321. The van der Waals surface area contributed by atoms with Gasteiger partial charge in [0.05, 0.1) is 20.6 Å². The van der Waals surface area contributed by atoms with Crippen LogP contribution in [0.2, 0.25) is 15.1 Å². The average molecular weight is 372 g/mol. The number of halogens is 3. The summed E-state index contributed by atoms with van der Waals surface area (Å²) >= 11 is 17.6. The van der Waals surface area contributed by atoms with Crippen molar-refractivity contribution < 1.29 is 9.59 Å². The summed E-state index contributed by atoms with van der Waals surface area (Å²) in [6, 6.07) is 11.5. The maximum Gasteiger partial charge on any atom is 0.252 e. The van der Waals surface area contributed by atoms with Crippen LogP contribution in [0.25, 0.3) is 0 Å². The van der Waals surface area contributed by atoms with E-state index in [0.29, 0.717) is 26.3 Å². The van der Waals surface area contributed by atoms with Crippen molar-refractivity contribution in [1.82, 2.24) is 5.32 Å². The van der Waals surface area contributed by atoms with Crippen molar-refractivity contribution in [3.05, 3.63) is 63.1 Å². The summed E-state index contributed by atoms with van der Waals surface area (Å²) in [5.41, 5.74) is 0.917. The molecule has 0 bridgehead atoms. The maximum atomic E-state index is 11.9. The first-order valence-corrected chi connectivity index (χ1v) is 7.88. The molecule has 0 aliphatic rings. The van der Waals surface area contributed by atoms with Crippen LogP contribution in [-0.2, 0) is 4.79 Å². The largest absolute Gasteiger partial charge is 0.351 e. The number of carbonyl (C=O) groups is 2. The maximum absolute atomic E-state index is 11.9. The zero-order valence-corrected chi connectivity index (χ0v) is 14.2. The number of anilines is 1. The number of amides is 2. The van der Waals surface area contributed by atoms with Gasteiger partial charge in [0.15, 0.2) is 0 Å². The van der Waals surface area contributed by atoms with Crippen LogP contribution in [-0.4, -0.2) is 18.4 Å².